The lowest BCUT2D eigenvalue weighted by molar-refractivity contribution is -0.140. The molecule has 0 spiro atoms. The molecule has 2 aliphatic rings. The summed E-state index contributed by atoms with van der Waals surface area (Å²) in [5.74, 6) is 0.835. The number of primary amides is 1. The molecular weight excluding hydrogens is 378 g/mol. The minimum absolute atomic E-state index is 0.160. The van der Waals surface area contributed by atoms with Crippen LogP contribution in [0.25, 0.3) is 10.8 Å². The summed E-state index contributed by atoms with van der Waals surface area (Å²) in [7, 11) is 1.68. The number of benzene rings is 2. The second-order valence-corrected chi connectivity index (χ2v) is 8.50. The number of carbonyl (C=O) groups is 2. The second-order valence-electron chi connectivity index (χ2n) is 8.50. The molecule has 2 fully saturated rings. The van der Waals surface area contributed by atoms with Gasteiger partial charge in [0.1, 0.15) is 5.75 Å². The van der Waals surface area contributed by atoms with Crippen LogP contribution in [-0.4, -0.2) is 48.0 Å². The molecule has 1 aliphatic carbocycles. The summed E-state index contributed by atoms with van der Waals surface area (Å²) in [5.41, 5.74) is 6.62. The molecular formula is C24H31N3O3. The van der Waals surface area contributed by atoms with Crippen LogP contribution in [0.4, 0.5) is 4.79 Å². The maximum atomic E-state index is 13.6. The first-order chi connectivity index (χ1) is 14.6. The molecule has 0 radical (unpaired) electrons. The first-order valence-corrected chi connectivity index (χ1v) is 11.0. The highest BCUT2D eigenvalue weighted by Crippen LogP contribution is 2.33. The van der Waals surface area contributed by atoms with Crippen LogP contribution in [0.5, 0.6) is 5.75 Å². The van der Waals surface area contributed by atoms with E-state index in [1.165, 1.54) is 0 Å². The Bertz CT molecular complexity index is 923. The maximum absolute atomic E-state index is 13.6. The smallest absolute Gasteiger partial charge is 0.314 e. The van der Waals surface area contributed by atoms with Gasteiger partial charge in [-0.3, -0.25) is 4.79 Å². The molecule has 6 heteroatoms. The monoisotopic (exact) mass is 409 g/mol. The van der Waals surface area contributed by atoms with Gasteiger partial charge < -0.3 is 20.3 Å². The van der Waals surface area contributed by atoms with Crippen molar-refractivity contribution in [3.8, 4) is 5.75 Å². The minimum atomic E-state index is -0.430. The van der Waals surface area contributed by atoms with Gasteiger partial charge in [0.15, 0.2) is 0 Å². The van der Waals surface area contributed by atoms with Gasteiger partial charge in [-0.25, -0.2) is 4.79 Å². The van der Waals surface area contributed by atoms with Crippen molar-refractivity contribution in [2.75, 3.05) is 20.2 Å². The fourth-order valence-corrected chi connectivity index (χ4v) is 5.05. The van der Waals surface area contributed by atoms with E-state index in [2.05, 4.69) is 23.1 Å². The molecule has 1 saturated carbocycles. The number of carbonyl (C=O) groups excluding carboxylic acids is 2. The molecule has 1 heterocycles. The van der Waals surface area contributed by atoms with Gasteiger partial charge >= 0.3 is 6.03 Å². The number of hydrogen-bond donors (Lipinski definition) is 1. The van der Waals surface area contributed by atoms with E-state index in [1.807, 2.05) is 18.2 Å². The van der Waals surface area contributed by atoms with Gasteiger partial charge in [-0.1, -0.05) is 43.2 Å². The second kappa shape index (κ2) is 8.94. The van der Waals surface area contributed by atoms with Gasteiger partial charge in [0.05, 0.1) is 13.0 Å². The zero-order chi connectivity index (χ0) is 21.1. The van der Waals surface area contributed by atoms with Gasteiger partial charge in [-0.15, -0.1) is 0 Å². The Labute approximate surface area is 178 Å². The van der Waals surface area contributed by atoms with E-state index < -0.39 is 6.03 Å². The van der Waals surface area contributed by atoms with Crippen LogP contribution >= 0.6 is 0 Å². The van der Waals surface area contributed by atoms with Crippen molar-refractivity contribution in [3.05, 3.63) is 42.0 Å². The lowest BCUT2D eigenvalue weighted by atomic mass is 9.95. The molecule has 1 unspecified atom stereocenters. The highest BCUT2D eigenvalue weighted by atomic mass is 16.5. The summed E-state index contributed by atoms with van der Waals surface area (Å²) in [6.07, 6.45) is 6.06. The fraction of sp³-hybridized carbons (Fsp3) is 0.500. The van der Waals surface area contributed by atoms with Crippen LogP contribution in [-0.2, 0) is 11.3 Å². The van der Waals surface area contributed by atoms with Gasteiger partial charge in [0.2, 0.25) is 5.91 Å². The van der Waals surface area contributed by atoms with Crippen LogP contribution in [0, 0.1) is 5.92 Å². The van der Waals surface area contributed by atoms with Crippen molar-refractivity contribution in [1.82, 2.24) is 9.80 Å². The van der Waals surface area contributed by atoms with E-state index >= 15 is 0 Å². The number of piperidine rings is 1. The van der Waals surface area contributed by atoms with E-state index in [1.54, 1.807) is 12.0 Å². The number of ether oxygens (including phenoxy) is 1. The molecule has 1 saturated heterocycles. The van der Waals surface area contributed by atoms with Crippen molar-refractivity contribution in [3.63, 3.8) is 0 Å². The van der Waals surface area contributed by atoms with Crippen LogP contribution in [0.2, 0.25) is 0 Å². The third-order valence-corrected chi connectivity index (χ3v) is 6.67. The van der Waals surface area contributed by atoms with Gasteiger partial charge in [0.25, 0.3) is 0 Å². The van der Waals surface area contributed by atoms with E-state index in [0.29, 0.717) is 19.6 Å². The Kier molecular flexibility index (Phi) is 6.11. The molecule has 3 amide bonds. The predicted molar refractivity (Wildman–Crippen MR) is 117 cm³/mol. The molecule has 160 valence electrons. The molecule has 6 nitrogen and oxygen atoms in total. The Morgan fingerprint density at radius 3 is 2.50 bits per heavy atom. The first-order valence-electron chi connectivity index (χ1n) is 11.0. The summed E-state index contributed by atoms with van der Waals surface area (Å²) < 4.78 is 5.53. The van der Waals surface area contributed by atoms with E-state index in [-0.39, 0.29) is 17.9 Å². The van der Waals surface area contributed by atoms with Crippen molar-refractivity contribution >= 4 is 22.7 Å². The van der Waals surface area contributed by atoms with Crippen molar-refractivity contribution in [2.45, 2.75) is 51.1 Å². The highest BCUT2D eigenvalue weighted by molar-refractivity contribution is 5.91. The zero-order valence-electron chi connectivity index (χ0n) is 17.7. The number of nitrogens with zero attached hydrogens (tertiary/aromatic N) is 2. The lowest BCUT2D eigenvalue weighted by Crippen LogP contribution is -2.50. The molecule has 0 aromatic heterocycles. The van der Waals surface area contributed by atoms with E-state index in [4.69, 9.17) is 10.5 Å². The molecule has 1 aliphatic heterocycles. The summed E-state index contributed by atoms with van der Waals surface area (Å²) in [4.78, 5) is 29.0. The molecule has 1 atom stereocenters. The van der Waals surface area contributed by atoms with Crippen LogP contribution in [0.3, 0.4) is 0 Å². The van der Waals surface area contributed by atoms with Gasteiger partial charge in [-0.2, -0.15) is 0 Å². The third kappa shape index (κ3) is 4.09. The average Bonchev–Trinajstić information content (AvgIpc) is 3.31. The summed E-state index contributed by atoms with van der Waals surface area (Å²) in [6.45, 7) is 1.66. The molecule has 2 aromatic rings. The first kappa shape index (κ1) is 20.5. The minimum Gasteiger partial charge on any atom is -0.496 e. The quantitative estimate of drug-likeness (QED) is 0.813. The number of urea groups is 1. The lowest BCUT2D eigenvalue weighted by Gasteiger charge is -2.37. The van der Waals surface area contributed by atoms with Gasteiger partial charge in [-0.05, 0) is 42.7 Å². The number of amides is 3. The topological polar surface area (TPSA) is 75.9 Å². The van der Waals surface area contributed by atoms with Crippen LogP contribution < -0.4 is 10.5 Å². The Balaban J connectivity index is 1.63. The van der Waals surface area contributed by atoms with Crippen molar-refractivity contribution < 1.29 is 14.3 Å². The molecule has 4 rings (SSSR count). The predicted octanol–water partition coefficient (Wildman–Crippen LogP) is 3.91. The average molecular weight is 410 g/mol. The Hall–Kier alpha value is -2.76. The van der Waals surface area contributed by atoms with E-state index in [0.717, 1.165) is 60.6 Å². The Morgan fingerprint density at radius 1 is 1.07 bits per heavy atom. The number of methoxy groups -OCH3 is 1. The van der Waals surface area contributed by atoms with Gasteiger partial charge in [0, 0.05) is 31.1 Å². The molecule has 2 aromatic carbocycles. The van der Waals surface area contributed by atoms with Crippen molar-refractivity contribution in [1.29, 1.82) is 0 Å². The zero-order valence-corrected chi connectivity index (χ0v) is 17.7. The third-order valence-electron chi connectivity index (χ3n) is 6.67. The highest BCUT2D eigenvalue weighted by Gasteiger charge is 2.34. The number of hydrogen-bond acceptors (Lipinski definition) is 3. The number of fused-ring (bicyclic) bond motifs is 1. The molecule has 30 heavy (non-hydrogen) atoms. The number of nitrogens with two attached hydrogens (primary N) is 1. The van der Waals surface area contributed by atoms with Crippen molar-refractivity contribution in [2.24, 2.45) is 11.7 Å². The largest absolute Gasteiger partial charge is 0.496 e. The van der Waals surface area contributed by atoms with Crippen LogP contribution in [0.15, 0.2) is 36.4 Å². The normalized spacial score (nSPS) is 19.8. The number of rotatable bonds is 5. The standard InChI is InChI=1S/C24H31N3O3/c1-30-22-13-12-17(20-10-4-5-11-21(20)22)16-27(19-8-2-3-9-19)23(28)18-7-6-14-26(15-18)24(25)29/h4-5,10-13,18-19H,2-3,6-9,14-16H2,1H3,(H2,25,29). The summed E-state index contributed by atoms with van der Waals surface area (Å²) in [6, 6.07) is 12.1. The maximum Gasteiger partial charge on any atom is 0.314 e. The number of likely N-dealkylation sites (tertiary alicyclic amines) is 1. The Morgan fingerprint density at radius 2 is 1.80 bits per heavy atom. The summed E-state index contributed by atoms with van der Waals surface area (Å²) in [5, 5.41) is 2.18. The SMILES string of the molecule is COc1ccc(CN(C(=O)C2CCCN(C(N)=O)C2)C2CCCC2)c2ccccc12. The fourth-order valence-electron chi connectivity index (χ4n) is 5.05. The molecule has 2 N–H and O–H groups in total. The van der Waals surface area contributed by atoms with E-state index in [9.17, 15) is 9.59 Å². The summed E-state index contributed by atoms with van der Waals surface area (Å²) >= 11 is 0. The van der Waals surface area contributed by atoms with Crippen LogP contribution in [0.1, 0.15) is 44.1 Å². The molecule has 0 bridgehead atoms.